The van der Waals surface area contributed by atoms with Crippen LogP contribution in [0.3, 0.4) is 0 Å². The number of methoxy groups -OCH3 is 2. The van der Waals surface area contributed by atoms with Gasteiger partial charge in [0.15, 0.2) is 0 Å². The van der Waals surface area contributed by atoms with Crippen LogP contribution in [0.25, 0.3) is 0 Å². The Labute approximate surface area is 156 Å². The number of amides is 2. The first-order valence-electron chi connectivity index (χ1n) is 8.82. The van der Waals surface area contributed by atoms with Gasteiger partial charge in [0.2, 0.25) is 5.91 Å². The molecule has 0 radical (unpaired) electrons. The van der Waals surface area contributed by atoms with Crippen molar-refractivity contribution < 1.29 is 19.1 Å². The summed E-state index contributed by atoms with van der Waals surface area (Å²) < 4.78 is 10.3. The van der Waals surface area contributed by atoms with Gasteiger partial charge in [-0.3, -0.25) is 14.5 Å². The van der Waals surface area contributed by atoms with Gasteiger partial charge in [-0.05, 0) is 39.8 Å². The quantitative estimate of drug-likeness (QED) is 0.659. The van der Waals surface area contributed by atoms with Gasteiger partial charge in [0.05, 0.1) is 20.8 Å². The molecule has 0 aromatic heterocycles. The van der Waals surface area contributed by atoms with E-state index in [1.165, 1.54) is 14.2 Å². The first-order valence-corrected chi connectivity index (χ1v) is 8.82. The van der Waals surface area contributed by atoms with Crippen molar-refractivity contribution in [1.29, 1.82) is 0 Å². The molecule has 0 saturated heterocycles. The average Bonchev–Trinajstić information content (AvgIpc) is 2.61. The SMILES string of the molecule is COc1cc(OC)cc(C(=O)NCC(=O)NCCN(C(C)C)C(C)C)c1. The molecule has 2 N–H and O–H groups in total. The largest absolute Gasteiger partial charge is 0.497 e. The second-order valence-corrected chi connectivity index (χ2v) is 6.56. The highest BCUT2D eigenvalue weighted by Crippen LogP contribution is 2.22. The van der Waals surface area contributed by atoms with E-state index in [-0.39, 0.29) is 18.4 Å². The molecule has 0 aliphatic heterocycles. The Morgan fingerprint density at radius 2 is 1.50 bits per heavy atom. The van der Waals surface area contributed by atoms with Crippen molar-refractivity contribution >= 4 is 11.8 Å². The van der Waals surface area contributed by atoms with Crippen molar-refractivity contribution in [2.75, 3.05) is 33.9 Å². The number of nitrogens with one attached hydrogen (secondary N) is 2. The molecule has 1 aromatic carbocycles. The molecule has 0 saturated carbocycles. The number of nitrogens with zero attached hydrogens (tertiary/aromatic N) is 1. The molecular weight excluding hydrogens is 334 g/mol. The fourth-order valence-electron chi connectivity index (χ4n) is 2.70. The summed E-state index contributed by atoms with van der Waals surface area (Å²) in [5, 5.41) is 5.44. The number of hydrogen-bond donors (Lipinski definition) is 2. The predicted molar refractivity (Wildman–Crippen MR) is 102 cm³/mol. The number of rotatable bonds is 10. The Morgan fingerprint density at radius 1 is 0.962 bits per heavy atom. The Morgan fingerprint density at radius 3 is 1.96 bits per heavy atom. The molecule has 1 rings (SSSR count). The minimum atomic E-state index is -0.358. The summed E-state index contributed by atoms with van der Waals surface area (Å²) in [5.74, 6) is 0.451. The molecule has 7 heteroatoms. The highest BCUT2D eigenvalue weighted by Gasteiger charge is 2.14. The Hall–Kier alpha value is -2.28. The van der Waals surface area contributed by atoms with Crippen LogP contribution in [-0.4, -0.2) is 62.7 Å². The van der Waals surface area contributed by atoms with Crippen molar-refractivity contribution in [2.24, 2.45) is 0 Å². The van der Waals surface area contributed by atoms with E-state index in [2.05, 4.69) is 43.2 Å². The van der Waals surface area contributed by atoms with Crippen molar-refractivity contribution in [2.45, 2.75) is 39.8 Å². The number of carbonyl (C=O) groups excluding carboxylic acids is 2. The maximum atomic E-state index is 12.2. The minimum Gasteiger partial charge on any atom is -0.497 e. The van der Waals surface area contributed by atoms with Crippen LogP contribution in [0.4, 0.5) is 0 Å². The fourth-order valence-corrected chi connectivity index (χ4v) is 2.70. The summed E-state index contributed by atoms with van der Waals surface area (Å²) in [4.78, 5) is 26.5. The van der Waals surface area contributed by atoms with E-state index in [1.54, 1.807) is 18.2 Å². The van der Waals surface area contributed by atoms with E-state index >= 15 is 0 Å². The molecule has 0 atom stereocenters. The van der Waals surface area contributed by atoms with Gasteiger partial charge in [-0.15, -0.1) is 0 Å². The summed E-state index contributed by atoms with van der Waals surface area (Å²) in [6, 6.07) is 5.69. The summed E-state index contributed by atoms with van der Waals surface area (Å²) >= 11 is 0. The van der Waals surface area contributed by atoms with E-state index in [0.717, 1.165) is 6.54 Å². The zero-order chi connectivity index (χ0) is 19.7. The first kappa shape index (κ1) is 21.8. The Kier molecular flexibility index (Phi) is 8.92. The smallest absolute Gasteiger partial charge is 0.251 e. The Balaban J connectivity index is 2.48. The summed E-state index contributed by atoms with van der Waals surface area (Å²) in [6.07, 6.45) is 0. The zero-order valence-electron chi connectivity index (χ0n) is 16.6. The second-order valence-electron chi connectivity index (χ2n) is 6.56. The van der Waals surface area contributed by atoms with Gasteiger partial charge >= 0.3 is 0 Å². The van der Waals surface area contributed by atoms with E-state index in [9.17, 15) is 9.59 Å². The van der Waals surface area contributed by atoms with Crippen LogP contribution < -0.4 is 20.1 Å². The van der Waals surface area contributed by atoms with Crippen molar-refractivity contribution in [3.05, 3.63) is 23.8 Å². The molecule has 0 bridgehead atoms. The lowest BCUT2D eigenvalue weighted by Gasteiger charge is -2.30. The summed E-state index contributed by atoms with van der Waals surface area (Å²) in [6.45, 7) is 9.74. The topological polar surface area (TPSA) is 79.9 Å². The van der Waals surface area contributed by atoms with Crippen LogP contribution in [0.2, 0.25) is 0 Å². The van der Waals surface area contributed by atoms with Gasteiger partial charge in [-0.25, -0.2) is 0 Å². The van der Waals surface area contributed by atoms with Crippen molar-refractivity contribution in [3.63, 3.8) is 0 Å². The van der Waals surface area contributed by atoms with Crippen LogP contribution in [0.1, 0.15) is 38.1 Å². The highest BCUT2D eigenvalue weighted by molar-refractivity contribution is 5.97. The van der Waals surface area contributed by atoms with Crippen LogP contribution >= 0.6 is 0 Å². The number of ether oxygens (including phenoxy) is 2. The van der Waals surface area contributed by atoms with Crippen LogP contribution in [-0.2, 0) is 4.79 Å². The minimum absolute atomic E-state index is 0.0816. The van der Waals surface area contributed by atoms with Crippen molar-refractivity contribution in [3.8, 4) is 11.5 Å². The van der Waals surface area contributed by atoms with Gasteiger partial charge in [0.1, 0.15) is 11.5 Å². The molecule has 0 heterocycles. The summed E-state index contributed by atoms with van der Waals surface area (Å²) in [7, 11) is 3.03. The first-order chi connectivity index (χ1) is 12.3. The second kappa shape index (κ2) is 10.7. The normalized spacial score (nSPS) is 11.0. The summed E-state index contributed by atoms with van der Waals surface area (Å²) in [5.41, 5.74) is 0.375. The zero-order valence-corrected chi connectivity index (χ0v) is 16.6. The lowest BCUT2D eigenvalue weighted by atomic mass is 10.2. The fraction of sp³-hybridized carbons (Fsp3) is 0.579. The predicted octanol–water partition coefficient (Wildman–Crippen LogP) is 1.67. The van der Waals surface area contributed by atoms with Crippen LogP contribution in [0, 0.1) is 0 Å². The molecular formula is C19H31N3O4. The molecule has 1 aromatic rings. The number of carbonyl (C=O) groups is 2. The molecule has 0 unspecified atom stereocenters. The highest BCUT2D eigenvalue weighted by atomic mass is 16.5. The molecule has 0 spiro atoms. The lowest BCUT2D eigenvalue weighted by molar-refractivity contribution is -0.120. The third-order valence-electron chi connectivity index (χ3n) is 4.04. The number of benzene rings is 1. The molecule has 0 fully saturated rings. The van der Waals surface area contributed by atoms with E-state index in [4.69, 9.17) is 9.47 Å². The third-order valence-corrected chi connectivity index (χ3v) is 4.04. The molecule has 7 nitrogen and oxygen atoms in total. The van der Waals surface area contributed by atoms with E-state index < -0.39 is 0 Å². The van der Waals surface area contributed by atoms with Crippen LogP contribution in [0.5, 0.6) is 11.5 Å². The molecule has 26 heavy (non-hydrogen) atoms. The average molecular weight is 365 g/mol. The van der Waals surface area contributed by atoms with Crippen LogP contribution in [0.15, 0.2) is 18.2 Å². The molecule has 0 aliphatic rings. The molecule has 2 amide bonds. The number of hydrogen-bond acceptors (Lipinski definition) is 5. The lowest BCUT2D eigenvalue weighted by Crippen LogP contribution is -2.44. The van der Waals surface area contributed by atoms with Gasteiger partial charge in [-0.1, -0.05) is 0 Å². The molecule has 0 aliphatic carbocycles. The maximum Gasteiger partial charge on any atom is 0.251 e. The Bertz CT molecular complexity index is 572. The van der Waals surface area contributed by atoms with Gasteiger partial charge in [0.25, 0.3) is 5.91 Å². The van der Waals surface area contributed by atoms with Gasteiger partial charge in [0, 0.05) is 36.8 Å². The van der Waals surface area contributed by atoms with E-state index in [0.29, 0.717) is 35.7 Å². The molecule has 146 valence electrons. The third kappa shape index (κ3) is 6.92. The standard InChI is InChI=1S/C19H31N3O4/c1-13(2)22(14(3)4)8-7-20-18(23)12-21-19(24)15-9-16(25-5)11-17(10-15)26-6/h9-11,13-14H,7-8,12H2,1-6H3,(H,20,23)(H,21,24). The van der Waals surface area contributed by atoms with E-state index in [1.807, 2.05) is 0 Å². The van der Waals surface area contributed by atoms with Crippen molar-refractivity contribution in [1.82, 2.24) is 15.5 Å². The van der Waals surface area contributed by atoms with Gasteiger partial charge < -0.3 is 20.1 Å². The monoisotopic (exact) mass is 365 g/mol. The van der Waals surface area contributed by atoms with Gasteiger partial charge in [-0.2, -0.15) is 0 Å². The maximum absolute atomic E-state index is 12.2.